The SMILES string of the molecule is CN(C)CC1(O)CCN(C(=O)c2c(F)ccc3[nH]ncc23)C1. The zero-order valence-corrected chi connectivity index (χ0v) is 12.6. The van der Waals surface area contributed by atoms with Gasteiger partial charge in [-0.3, -0.25) is 9.89 Å². The van der Waals surface area contributed by atoms with E-state index in [1.54, 1.807) is 6.07 Å². The molecule has 2 heterocycles. The number of benzene rings is 1. The first-order chi connectivity index (χ1) is 10.4. The molecule has 0 bridgehead atoms. The predicted octanol–water partition coefficient (Wildman–Crippen LogP) is 0.841. The lowest BCUT2D eigenvalue weighted by atomic mass is 10.0. The smallest absolute Gasteiger partial charge is 0.257 e. The minimum Gasteiger partial charge on any atom is -0.387 e. The Morgan fingerprint density at radius 2 is 2.32 bits per heavy atom. The molecule has 1 amide bonds. The highest BCUT2D eigenvalue weighted by Gasteiger charge is 2.39. The number of β-amino-alcohol motifs (C(OH)–C–C–N with tert-alkyl or cyclic N) is 1. The van der Waals surface area contributed by atoms with Gasteiger partial charge in [-0.2, -0.15) is 5.10 Å². The van der Waals surface area contributed by atoms with Gasteiger partial charge in [0.05, 0.1) is 29.4 Å². The zero-order chi connectivity index (χ0) is 15.9. The summed E-state index contributed by atoms with van der Waals surface area (Å²) in [6, 6.07) is 2.82. The summed E-state index contributed by atoms with van der Waals surface area (Å²) in [5.41, 5.74) is -0.312. The quantitative estimate of drug-likeness (QED) is 0.881. The van der Waals surface area contributed by atoms with Gasteiger partial charge in [0.25, 0.3) is 5.91 Å². The van der Waals surface area contributed by atoms with Crippen LogP contribution in [-0.2, 0) is 0 Å². The summed E-state index contributed by atoms with van der Waals surface area (Å²) in [6.45, 7) is 1.09. The van der Waals surface area contributed by atoms with Crippen molar-refractivity contribution in [3.63, 3.8) is 0 Å². The van der Waals surface area contributed by atoms with Gasteiger partial charge in [-0.1, -0.05) is 0 Å². The van der Waals surface area contributed by atoms with Crippen molar-refractivity contribution in [1.29, 1.82) is 0 Å². The number of nitrogens with one attached hydrogen (secondary N) is 1. The third-order valence-corrected chi connectivity index (χ3v) is 4.02. The second-order valence-corrected chi connectivity index (χ2v) is 6.19. The second kappa shape index (κ2) is 5.33. The van der Waals surface area contributed by atoms with Gasteiger partial charge in [0.1, 0.15) is 5.82 Å². The highest BCUT2D eigenvalue weighted by atomic mass is 19.1. The van der Waals surface area contributed by atoms with Gasteiger partial charge < -0.3 is 14.9 Å². The maximum absolute atomic E-state index is 14.1. The Bertz CT molecular complexity index is 715. The largest absolute Gasteiger partial charge is 0.387 e. The molecule has 1 aromatic carbocycles. The van der Waals surface area contributed by atoms with Crippen LogP contribution in [-0.4, -0.2) is 70.3 Å². The molecule has 1 aromatic heterocycles. The molecular weight excluding hydrogens is 287 g/mol. The summed E-state index contributed by atoms with van der Waals surface area (Å²) in [5, 5.41) is 17.6. The summed E-state index contributed by atoms with van der Waals surface area (Å²) in [5.74, 6) is -0.971. The van der Waals surface area contributed by atoms with E-state index in [-0.39, 0.29) is 12.1 Å². The lowest BCUT2D eigenvalue weighted by molar-refractivity contribution is 0.0235. The molecule has 0 radical (unpaired) electrons. The Morgan fingerprint density at radius 3 is 3.05 bits per heavy atom. The van der Waals surface area contributed by atoms with Crippen LogP contribution in [0.4, 0.5) is 4.39 Å². The van der Waals surface area contributed by atoms with Crippen LogP contribution in [0.1, 0.15) is 16.8 Å². The van der Waals surface area contributed by atoms with Gasteiger partial charge in [0.2, 0.25) is 0 Å². The van der Waals surface area contributed by atoms with Crippen molar-refractivity contribution in [2.24, 2.45) is 0 Å². The van der Waals surface area contributed by atoms with E-state index in [9.17, 15) is 14.3 Å². The van der Waals surface area contributed by atoms with E-state index in [0.717, 1.165) is 0 Å². The number of carbonyl (C=O) groups is 1. The van der Waals surface area contributed by atoms with Crippen LogP contribution in [0.25, 0.3) is 10.9 Å². The van der Waals surface area contributed by atoms with Gasteiger partial charge >= 0.3 is 0 Å². The molecule has 6 nitrogen and oxygen atoms in total. The third kappa shape index (κ3) is 2.57. The van der Waals surface area contributed by atoms with Crippen molar-refractivity contribution < 1.29 is 14.3 Å². The van der Waals surface area contributed by atoms with E-state index in [1.165, 1.54) is 17.2 Å². The number of likely N-dealkylation sites (tertiary alicyclic amines) is 1. The number of rotatable bonds is 3. The molecule has 7 heteroatoms. The topological polar surface area (TPSA) is 72.5 Å². The summed E-state index contributed by atoms with van der Waals surface area (Å²) in [7, 11) is 3.74. The van der Waals surface area contributed by atoms with E-state index < -0.39 is 17.3 Å². The highest BCUT2D eigenvalue weighted by molar-refractivity contribution is 6.06. The molecule has 1 unspecified atom stereocenters. The number of likely N-dealkylation sites (N-methyl/N-ethyl adjacent to an activating group) is 1. The van der Waals surface area contributed by atoms with Gasteiger partial charge in [-0.25, -0.2) is 4.39 Å². The highest BCUT2D eigenvalue weighted by Crippen LogP contribution is 2.27. The Hall–Kier alpha value is -1.99. The van der Waals surface area contributed by atoms with Crippen molar-refractivity contribution in [2.75, 3.05) is 33.7 Å². The van der Waals surface area contributed by atoms with Crippen molar-refractivity contribution >= 4 is 16.8 Å². The average molecular weight is 306 g/mol. The van der Waals surface area contributed by atoms with Crippen molar-refractivity contribution in [2.45, 2.75) is 12.0 Å². The molecule has 3 rings (SSSR count). The van der Waals surface area contributed by atoms with Crippen molar-refractivity contribution in [1.82, 2.24) is 20.0 Å². The van der Waals surface area contributed by atoms with Gasteiger partial charge in [-0.15, -0.1) is 0 Å². The van der Waals surface area contributed by atoms with Crippen molar-refractivity contribution in [3.8, 4) is 0 Å². The van der Waals surface area contributed by atoms with Crippen LogP contribution in [0.15, 0.2) is 18.3 Å². The number of hydrogen-bond donors (Lipinski definition) is 2. The molecule has 0 saturated carbocycles. The van der Waals surface area contributed by atoms with Crippen LogP contribution in [0.2, 0.25) is 0 Å². The minimum absolute atomic E-state index is 0.0142. The number of halogens is 1. The van der Waals surface area contributed by atoms with Gasteiger partial charge in [0, 0.05) is 18.5 Å². The first-order valence-corrected chi connectivity index (χ1v) is 7.18. The number of nitrogens with zero attached hydrogens (tertiary/aromatic N) is 3. The molecule has 0 spiro atoms. The van der Waals surface area contributed by atoms with E-state index in [1.807, 2.05) is 19.0 Å². The number of aliphatic hydroxyl groups is 1. The number of aromatic amines is 1. The van der Waals surface area contributed by atoms with Crippen molar-refractivity contribution in [3.05, 3.63) is 29.7 Å². The fraction of sp³-hybridized carbons (Fsp3) is 0.467. The molecule has 1 saturated heterocycles. The lowest BCUT2D eigenvalue weighted by Crippen LogP contribution is -2.43. The number of amides is 1. The fourth-order valence-electron chi connectivity index (χ4n) is 3.11. The number of H-pyrrole nitrogens is 1. The first-order valence-electron chi connectivity index (χ1n) is 7.18. The maximum atomic E-state index is 14.1. The van der Waals surface area contributed by atoms with Crippen LogP contribution >= 0.6 is 0 Å². The summed E-state index contributed by atoms with van der Waals surface area (Å²) < 4.78 is 14.1. The third-order valence-electron chi connectivity index (χ3n) is 4.02. The molecule has 1 aliphatic heterocycles. The Morgan fingerprint density at radius 1 is 1.55 bits per heavy atom. The molecule has 2 N–H and O–H groups in total. The number of aromatic nitrogens is 2. The molecule has 1 fully saturated rings. The molecule has 22 heavy (non-hydrogen) atoms. The van der Waals surface area contributed by atoms with Gasteiger partial charge in [0.15, 0.2) is 0 Å². The Balaban J connectivity index is 1.88. The molecule has 1 atom stereocenters. The number of carbonyl (C=O) groups excluding carboxylic acids is 1. The molecule has 1 aliphatic rings. The second-order valence-electron chi connectivity index (χ2n) is 6.19. The monoisotopic (exact) mass is 306 g/mol. The van der Waals surface area contributed by atoms with E-state index in [4.69, 9.17) is 0 Å². The number of fused-ring (bicyclic) bond motifs is 1. The normalized spacial score (nSPS) is 22.0. The van der Waals surface area contributed by atoms with Crippen LogP contribution in [0.3, 0.4) is 0 Å². The first kappa shape index (κ1) is 14.9. The summed E-state index contributed by atoms with van der Waals surface area (Å²) >= 11 is 0. The maximum Gasteiger partial charge on any atom is 0.257 e. The molecular formula is C15H19FN4O2. The molecule has 2 aromatic rings. The summed E-state index contributed by atoms with van der Waals surface area (Å²) in [4.78, 5) is 16.1. The predicted molar refractivity (Wildman–Crippen MR) is 80.1 cm³/mol. The molecule has 0 aliphatic carbocycles. The lowest BCUT2D eigenvalue weighted by Gasteiger charge is -2.26. The van der Waals surface area contributed by atoms with E-state index >= 15 is 0 Å². The standard InChI is InChI=1S/C15H19FN4O2/c1-19(2)8-15(22)5-6-20(9-15)14(21)13-10-7-17-18-12(10)4-3-11(13)16/h3-4,7,22H,5-6,8-9H2,1-2H3,(H,17,18). The summed E-state index contributed by atoms with van der Waals surface area (Å²) in [6.07, 6.45) is 1.94. The van der Waals surface area contributed by atoms with E-state index in [0.29, 0.717) is 30.4 Å². The van der Waals surface area contributed by atoms with Crippen LogP contribution in [0.5, 0.6) is 0 Å². The Labute approximate surface area is 127 Å². The molecule has 118 valence electrons. The fourth-order valence-corrected chi connectivity index (χ4v) is 3.11. The number of hydrogen-bond acceptors (Lipinski definition) is 4. The average Bonchev–Trinajstić information content (AvgIpc) is 3.03. The van der Waals surface area contributed by atoms with Gasteiger partial charge in [-0.05, 0) is 32.6 Å². The van der Waals surface area contributed by atoms with E-state index in [2.05, 4.69) is 10.2 Å². The van der Waals surface area contributed by atoms with Crippen LogP contribution in [0, 0.1) is 5.82 Å². The zero-order valence-electron chi connectivity index (χ0n) is 12.6. The minimum atomic E-state index is -0.945. The Kier molecular flexibility index (Phi) is 3.62. The van der Waals surface area contributed by atoms with Crippen LogP contribution < -0.4 is 0 Å².